The highest BCUT2D eigenvalue weighted by molar-refractivity contribution is 5.82. The average Bonchev–Trinajstić information content (AvgIpc) is 2.46. The SMILES string of the molecule is CC(NC(=O)CCNC(=O)C(C)(C)C)c1ccc(OC(F)F)cc1. The second kappa shape index (κ2) is 8.61. The molecule has 1 aromatic rings. The molecule has 1 aromatic carbocycles. The highest BCUT2D eigenvalue weighted by Gasteiger charge is 2.20. The minimum absolute atomic E-state index is 0.0668. The molecule has 0 aliphatic carbocycles. The third-order valence-corrected chi connectivity index (χ3v) is 3.30. The molecule has 0 aliphatic heterocycles. The van der Waals surface area contributed by atoms with Gasteiger partial charge in [-0.05, 0) is 24.6 Å². The van der Waals surface area contributed by atoms with Crippen LogP contribution in [0.25, 0.3) is 0 Å². The normalized spacial score (nSPS) is 12.6. The van der Waals surface area contributed by atoms with Crippen LogP contribution >= 0.6 is 0 Å². The van der Waals surface area contributed by atoms with Crippen LogP contribution in [-0.4, -0.2) is 25.0 Å². The van der Waals surface area contributed by atoms with E-state index < -0.39 is 12.0 Å². The van der Waals surface area contributed by atoms with Gasteiger partial charge in [-0.2, -0.15) is 8.78 Å². The molecule has 0 aromatic heterocycles. The van der Waals surface area contributed by atoms with Gasteiger partial charge < -0.3 is 15.4 Å². The molecule has 0 bridgehead atoms. The van der Waals surface area contributed by atoms with Crippen LogP contribution in [-0.2, 0) is 9.59 Å². The van der Waals surface area contributed by atoms with Crippen molar-refractivity contribution in [2.24, 2.45) is 5.41 Å². The Labute approximate surface area is 140 Å². The smallest absolute Gasteiger partial charge is 0.387 e. The molecule has 7 heteroatoms. The fourth-order valence-electron chi connectivity index (χ4n) is 1.89. The van der Waals surface area contributed by atoms with Crippen molar-refractivity contribution >= 4 is 11.8 Å². The molecule has 0 saturated carbocycles. The Bertz CT molecular complexity index is 554. The van der Waals surface area contributed by atoms with Gasteiger partial charge in [-0.15, -0.1) is 0 Å². The fraction of sp³-hybridized carbons (Fsp3) is 0.529. The van der Waals surface area contributed by atoms with E-state index in [1.165, 1.54) is 12.1 Å². The van der Waals surface area contributed by atoms with Crippen molar-refractivity contribution in [2.75, 3.05) is 6.54 Å². The van der Waals surface area contributed by atoms with E-state index in [-0.39, 0.29) is 36.6 Å². The lowest BCUT2D eigenvalue weighted by Crippen LogP contribution is -2.37. The lowest BCUT2D eigenvalue weighted by molar-refractivity contribution is -0.128. The third-order valence-electron chi connectivity index (χ3n) is 3.30. The Hall–Kier alpha value is -2.18. The molecule has 1 rings (SSSR count). The molecular formula is C17H24F2N2O3. The van der Waals surface area contributed by atoms with Crippen LogP contribution in [0.1, 0.15) is 45.7 Å². The molecule has 0 saturated heterocycles. The van der Waals surface area contributed by atoms with Crippen molar-refractivity contribution in [3.63, 3.8) is 0 Å². The van der Waals surface area contributed by atoms with E-state index in [1.54, 1.807) is 39.8 Å². The zero-order valence-electron chi connectivity index (χ0n) is 14.4. The Morgan fingerprint density at radius 2 is 1.75 bits per heavy atom. The number of benzene rings is 1. The number of hydrogen-bond acceptors (Lipinski definition) is 3. The molecule has 0 heterocycles. The Morgan fingerprint density at radius 1 is 1.17 bits per heavy atom. The van der Waals surface area contributed by atoms with Crippen LogP contribution in [0.15, 0.2) is 24.3 Å². The first-order chi connectivity index (χ1) is 11.1. The van der Waals surface area contributed by atoms with E-state index in [0.717, 1.165) is 5.56 Å². The maximum absolute atomic E-state index is 12.1. The maximum atomic E-state index is 12.1. The summed E-state index contributed by atoms with van der Waals surface area (Å²) in [7, 11) is 0. The first-order valence-corrected chi connectivity index (χ1v) is 7.72. The van der Waals surface area contributed by atoms with Gasteiger partial charge in [-0.1, -0.05) is 32.9 Å². The average molecular weight is 342 g/mol. The highest BCUT2D eigenvalue weighted by atomic mass is 19.3. The predicted molar refractivity (Wildman–Crippen MR) is 86.7 cm³/mol. The van der Waals surface area contributed by atoms with Crippen LogP contribution < -0.4 is 15.4 Å². The summed E-state index contributed by atoms with van der Waals surface area (Å²) in [6.45, 7) is 4.57. The van der Waals surface area contributed by atoms with E-state index in [4.69, 9.17) is 0 Å². The monoisotopic (exact) mass is 342 g/mol. The molecule has 0 radical (unpaired) electrons. The highest BCUT2D eigenvalue weighted by Crippen LogP contribution is 2.19. The molecule has 2 amide bonds. The van der Waals surface area contributed by atoms with E-state index >= 15 is 0 Å². The van der Waals surface area contributed by atoms with Crippen molar-refractivity contribution < 1.29 is 23.1 Å². The van der Waals surface area contributed by atoms with Crippen molar-refractivity contribution in [1.29, 1.82) is 0 Å². The van der Waals surface area contributed by atoms with Gasteiger partial charge in [0.1, 0.15) is 5.75 Å². The number of carbonyl (C=O) groups is 2. The summed E-state index contributed by atoms with van der Waals surface area (Å²) in [6.07, 6.45) is 0.165. The molecule has 2 N–H and O–H groups in total. The number of hydrogen-bond donors (Lipinski definition) is 2. The van der Waals surface area contributed by atoms with Gasteiger partial charge in [0, 0.05) is 18.4 Å². The zero-order valence-corrected chi connectivity index (χ0v) is 14.4. The van der Waals surface area contributed by atoms with E-state index in [2.05, 4.69) is 15.4 Å². The topological polar surface area (TPSA) is 67.4 Å². The quantitative estimate of drug-likeness (QED) is 0.800. The summed E-state index contributed by atoms with van der Waals surface area (Å²) < 4.78 is 28.5. The minimum Gasteiger partial charge on any atom is -0.435 e. The van der Waals surface area contributed by atoms with Crippen LogP contribution in [0.5, 0.6) is 5.75 Å². The van der Waals surface area contributed by atoms with Gasteiger partial charge in [-0.25, -0.2) is 0 Å². The number of amides is 2. The molecule has 134 valence electrons. The second-order valence-corrected chi connectivity index (χ2v) is 6.49. The van der Waals surface area contributed by atoms with Gasteiger partial charge in [0.05, 0.1) is 6.04 Å². The number of ether oxygens (including phenoxy) is 1. The largest absolute Gasteiger partial charge is 0.435 e. The molecule has 5 nitrogen and oxygen atoms in total. The third kappa shape index (κ3) is 6.93. The fourth-order valence-corrected chi connectivity index (χ4v) is 1.89. The number of nitrogens with one attached hydrogen (secondary N) is 2. The molecule has 0 fully saturated rings. The van der Waals surface area contributed by atoms with Gasteiger partial charge in [0.15, 0.2) is 0 Å². The van der Waals surface area contributed by atoms with Crippen LogP contribution in [0.2, 0.25) is 0 Å². The number of carbonyl (C=O) groups excluding carboxylic acids is 2. The summed E-state index contributed by atoms with van der Waals surface area (Å²) >= 11 is 0. The van der Waals surface area contributed by atoms with E-state index in [0.29, 0.717) is 0 Å². The molecule has 0 spiro atoms. The zero-order chi connectivity index (χ0) is 18.3. The summed E-state index contributed by atoms with van der Waals surface area (Å²) in [4.78, 5) is 23.6. The molecule has 1 atom stereocenters. The van der Waals surface area contributed by atoms with Gasteiger partial charge >= 0.3 is 6.61 Å². The first kappa shape index (κ1) is 19.9. The van der Waals surface area contributed by atoms with Crippen molar-refractivity contribution in [1.82, 2.24) is 10.6 Å². The first-order valence-electron chi connectivity index (χ1n) is 7.72. The lowest BCUT2D eigenvalue weighted by Gasteiger charge is -2.18. The van der Waals surface area contributed by atoms with Crippen molar-refractivity contribution in [3.8, 4) is 5.75 Å². The minimum atomic E-state index is -2.86. The predicted octanol–water partition coefficient (Wildman–Crippen LogP) is 3.02. The summed E-state index contributed by atoms with van der Waals surface area (Å²) in [5.41, 5.74) is 0.273. The maximum Gasteiger partial charge on any atom is 0.387 e. The standard InChI is InChI=1S/C17H24F2N2O3/c1-11(12-5-7-13(8-6-12)24-16(18)19)21-14(22)9-10-20-15(23)17(2,3)4/h5-8,11,16H,9-10H2,1-4H3,(H,20,23)(H,21,22). The molecule has 24 heavy (non-hydrogen) atoms. The molecule has 1 unspecified atom stereocenters. The van der Waals surface area contributed by atoms with Gasteiger partial charge in [0.2, 0.25) is 11.8 Å². The Morgan fingerprint density at radius 3 is 2.25 bits per heavy atom. The van der Waals surface area contributed by atoms with Crippen LogP contribution in [0.4, 0.5) is 8.78 Å². The summed E-state index contributed by atoms with van der Waals surface area (Å²) in [6, 6.07) is 5.80. The second-order valence-electron chi connectivity index (χ2n) is 6.49. The van der Waals surface area contributed by atoms with Crippen molar-refractivity contribution in [3.05, 3.63) is 29.8 Å². The Balaban J connectivity index is 2.42. The molecular weight excluding hydrogens is 318 g/mol. The number of rotatable bonds is 7. The number of alkyl halides is 2. The Kier molecular flexibility index (Phi) is 7.13. The van der Waals surface area contributed by atoms with Crippen LogP contribution in [0, 0.1) is 5.41 Å². The van der Waals surface area contributed by atoms with E-state index in [9.17, 15) is 18.4 Å². The van der Waals surface area contributed by atoms with Crippen molar-refractivity contribution in [2.45, 2.75) is 46.8 Å². The van der Waals surface area contributed by atoms with E-state index in [1.807, 2.05) is 0 Å². The van der Waals surface area contributed by atoms with Gasteiger partial charge in [0.25, 0.3) is 0 Å². The summed E-state index contributed by atoms with van der Waals surface area (Å²) in [5, 5.41) is 5.49. The van der Waals surface area contributed by atoms with Gasteiger partial charge in [-0.3, -0.25) is 9.59 Å². The number of halogens is 2. The van der Waals surface area contributed by atoms with Crippen LogP contribution in [0.3, 0.4) is 0 Å². The lowest BCUT2D eigenvalue weighted by atomic mass is 9.96. The summed E-state index contributed by atoms with van der Waals surface area (Å²) in [5.74, 6) is -0.250. The molecule has 0 aliphatic rings.